The molecule has 0 fully saturated rings. The predicted molar refractivity (Wildman–Crippen MR) is 173 cm³/mol. The van der Waals surface area contributed by atoms with Crippen LogP contribution in [0.15, 0.2) is 66.7 Å². The molecule has 244 valence electrons. The molecule has 4 atom stereocenters. The van der Waals surface area contributed by atoms with E-state index < -0.39 is 42.8 Å². The quantitative estimate of drug-likeness (QED) is 0.134. The lowest BCUT2D eigenvalue weighted by molar-refractivity contribution is -0.113. The fourth-order valence-electron chi connectivity index (χ4n) is 4.35. The van der Waals surface area contributed by atoms with Crippen molar-refractivity contribution in [2.75, 3.05) is 31.6 Å². The fourth-order valence-corrected chi connectivity index (χ4v) is 4.35. The zero-order valence-corrected chi connectivity index (χ0v) is 26.0. The van der Waals surface area contributed by atoms with Crippen molar-refractivity contribution in [2.45, 2.75) is 64.1 Å². The molecule has 0 aliphatic carbocycles. The van der Waals surface area contributed by atoms with E-state index in [2.05, 4.69) is 48.3 Å². The number of carbonyl (C=O) groups is 1. The number of carboxylic acids is 1. The van der Waals surface area contributed by atoms with Gasteiger partial charge in [0.25, 0.3) is 0 Å². The van der Waals surface area contributed by atoms with Crippen molar-refractivity contribution < 1.29 is 39.8 Å². The molecule has 3 rings (SSSR count). The van der Waals surface area contributed by atoms with Crippen molar-refractivity contribution >= 4 is 11.7 Å². The summed E-state index contributed by atoms with van der Waals surface area (Å²) >= 11 is 0. The Labute approximate surface area is 264 Å². The summed E-state index contributed by atoms with van der Waals surface area (Å²) in [5, 5.41) is 56.6. The summed E-state index contributed by atoms with van der Waals surface area (Å²) in [6, 6.07) is 20.6. The first kappa shape index (κ1) is 37.4. The SMILES string of the molecule is CCCCc1ccc(C#Cc2ccc(CN(CC)c3ccc(F)c(C(=O)O)c3)cc2)cc1.CNC[C@H](O)[C@@H](O)[C@H](O)[C@H](O)CO. The number of hydrogen-bond donors (Lipinski definition) is 7. The van der Waals surface area contributed by atoms with Crippen LogP contribution in [0, 0.1) is 17.7 Å². The third kappa shape index (κ3) is 12.2. The minimum absolute atomic E-state index is 0.0936. The van der Waals surface area contributed by atoms with Gasteiger partial charge in [0.2, 0.25) is 0 Å². The van der Waals surface area contributed by atoms with Crippen molar-refractivity contribution in [3.63, 3.8) is 0 Å². The molecule has 0 radical (unpaired) electrons. The monoisotopic (exact) mass is 624 g/mol. The van der Waals surface area contributed by atoms with E-state index in [-0.39, 0.29) is 12.1 Å². The van der Waals surface area contributed by atoms with Crippen LogP contribution in [0.4, 0.5) is 10.1 Å². The zero-order chi connectivity index (χ0) is 33.4. The molecule has 9 nitrogen and oxygen atoms in total. The standard InChI is InChI=1S/C28H28FNO2.C7H17NO5/c1-3-5-6-21-7-9-22(10-8-21)11-12-23-13-15-24(16-14-23)20-30(4-2)25-17-18-27(29)26(19-25)28(31)32;1-8-2-4(10)6(12)7(13)5(11)3-9/h7-10,13-19H,3-6,20H2,1-2H3,(H,31,32);4-13H,2-3H2,1H3/t;4-,5+,6+,7+/m.0/s1. The van der Waals surface area contributed by atoms with E-state index in [4.69, 9.17) is 20.4 Å². The van der Waals surface area contributed by atoms with Gasteiger partial charge in [-0.05, 0) is 80.4 Å². The van der Waals surface area contributed by atoms with Crippen LogP contribution in [0.3, 0.4) is 0 Å². The molecule has 0 saturated heterocycles. The normalized spacial score (nSPS) is 13.4. The van der Waals surface area contributed by atoms with Gasteiger partial charge >= 0.3 is 5.97 Å². The van der Waals surface area contributed by atoms with Gasteiger partial charge in [0.15, 0.2) is 0 Å². The number of halogens is 1. The van der Waals surface area contributed by atoms with Gasteiger partial charge in [0.1, 0.15) is 24.1 Å². The van der Waals surface area contributed by atoms with E-state index in [1.807, 2.05) is 36.1 Å². The van der Waals surface area contributed by atoms with Crippen LogP contribution < -0.4 is 10.2 Å². The Morgan fingerprint density at radius 2 is 1.42 bits per heavy atom. The molecule has 0 aliphatic rings. The molecule has 0 bridgehead atoms. The zero-order valence-electron chi connectivity index (χ0n) is 26.0. The van der Waals surface area contributed by atoms with Gasteiger partial charge in [-0.15, -0.1) is 0 Å². The minimum Gasteiger partial charge on any atom is -0.478 e. The maximum Gasteiger partial charge on any atom is 0.338 e. The maximum absolute atomic E-state index is 13.7. The summed E-state index contributed by atoms with van der Waals surface area (Å²) in [6.45, 7) is 4.87. The summed E-state index contributed by atoms with van der Waals surface area (Å²) in [5.41, 5.74) is 4.71. The molecule has 45 heavy (non-hydrogen) atoms. The molecule has 0 amide bonds. The molecule has 0 heterocycles. The molecule has 0 unspecified atom stereocenters. The summed E-state index contributed by atoms with van der Waals surface area (Å²) in [4.78, 5) is 13.2. The molecule has 7 N–H and O–H groups in total. The van der Waals surface area contributed by atoms with E-state index in [1.54, 1.807) is 13.1 Å². The summed E-state index contributed by atoms with van der Waals surface area (Å²) in [5.74, 6) is 4.43. The Morgan fingerprint density at radius 3 is 1.91 bits per heavy atom. The second kappa shape index (κ2) is 19.5. The molecular weight excluding hydrogens is 579 g/mol. The Kier molecular flexibility index (Phi) is 16.2. The maximum atomic E-state index is 13.7. The van der Waals surface area contributed by atoms with Gasteiger partial charge < -0.3 is 40.9 Å². The fraction of sp³-hybridized carbons (Fsp3) is 0.400. The third-order valence-corrected chi connectivity index (χ3v) is 7.12. The molecular formula is C35H45FN2O7. The number of aryl methyl sites for hydroxylation is 1. The lowest BCUT2D eigenvalue weighted by Crippen LogP contribution is -2.48. The molecule has 0 spiro atoms. The first-order chi connectivity index (χ1) is 21.5. The highest BCUT2D eigenvalue weighted by molar-refractivity contribution is 5.89. The first-order valence-electron chi connectivity index (χ1n) is 15.0. The molecule has 0 aliphatic heterocycles. The number of aliphatic hydroxyl groups is 5. The summed E-state index contributed by atoms with van der Waals surface area (Å²) in [6.07, 6.45) is -2.14. The van der Waals surface area contributed by atoms with Crippen LogP contribution in [0.2, 0.25) is 0 Å². The number of anilines is 1. The van der Waals surface area contributed by atoms with Crippen LogP contribution >= 0.6 is 0 Å². The van der Waals surface area contributed by atoms with Crippen LogP contribution in [-0.2, 0) is 13.0 Å². The minimum atomic E-state index is -1.55. The number of carboxylic acid groups (broad SMARTS) is 1. The Hall–Kier alpha value is -3.82. The van der Waals surface area contributed by atoms with E-state index in [9.17, 15) is 19.4 Å². The predicted octanol–water partition coefficient (Wildman–Crippen LogP) is 2.93. The summed E-state index contributed by atoms with van der Waals surface area (Å²) < 4.78 is 13.7. The highest BCUT2D eigenvalue weighted by atomic mass is 19.1. The highest BCUT2D eigenvalue weighted by Gasteiger charge is 2.29. The Balaban J connectivity index is 0.000000459. The Bertz CT molecular complexity index is 1370. The van der Waals surface area contributed by atoms with Crippen molar-refractivity contribution in [1.29, 1.82) is 0 Å². The Morgan fingerprint density at radius 1 is 0.867 bits per heavy atom. The molecule has 10 heteroatoms. The number of rotatable bonds is 14. The number of hydrogen-bond acceptors (Lipinski definition) is 8. The molecule has 3 aromatic rings. The van der Waals surface area contributed by atoms with Crippen molar-refractivity contribution in [3.8, 4) is 11.8 Å². The second-order valence-corrected chi connectivity index (χ2v) is 10.6. The highest BCUT2D eigenvalue weighted by Crippen LogP contribution is 2.21. The van der Waals surface area contributed by atoms with Crippen molar-refractivity contribution in [2.24, 2.45) is 0 Å². The van der Waals surface area contributed by atoms with E-state index >= 15 is 0 Å². The van der Waals surface area contributed by atoms with Crippen LogP contribution in [0.25, 0.3) is 0 Å². The lowest BCUT2D eigenvalue weighted by atomic mass is 10.0. The third-order valence-electron chi connectivity index (χ3n) is 7.12. The van der Waals surface area contributed by atoms with Gasteiger partial charge in [-0.3, -0.25) is 0 Å². The lowest BCUT2D eigenvalue weighted by Gasteiger charge is -2.25. The summed E-state index contributed by atoms with van der Waals surface area (Å²) in [7, 11) is 1.57. The number of unbranched alkanes of at least 4 members (excludes halogenated alkanes) is 1. The van der Waals surface area contributed by atoms with Gasteiger partial charge in [-0.2, -0.15) is 0 Å². The topological polar surface area (TPSA) is 154 Å². The number of likely N-dealkylation sites (N-methyl/N-ethyl adjacent to an activating group) is 1. The largest absolute Gasteiger partial charge is 0.478 e. The number of aliphatic hydroxyl groups excluding tert-OH is 5. The number of aromatic carboxylic acids is 1. The van der Waals surface area contributed by atoms with Crippen LogP contribution in [-0.4, -0.2) is 87.8 Å². The number of nitrogens with zero attached hydrogens (tertiary/aromatic N) is 1. The van der Waals surface area contributed by atoms with Crippen LogP contribution in [0.1, 0.15) is 59.3 Å². The molecule has 0 saturated carbocycles. The van der Waals surface area contributed by atoms with Crippen molar-refractivity contribution in [3.05, 3.63) is 100 Å². The van der Waals surface area contributed by atoms with Gasteiger partial charge in [-0.25, -0.2) is 9.18 Å². The number of nitrogens with one attached hydrogen (secondary N) is 1. The van der Waals surface area contributed by atoms with Crippen LogP contribution in [0.5, 0.6) is 0 Å². The van der Waals surface area contributed by atoms with E-state index in [0.717, 1.165) is 23.1 Å². The van der Waals surface area contributed by atoms with Gasteiger partial charge in [0, 0.05) is 36.4 Å². The van der Waals surface area contributed by atoms with Gasteiger partial charge in [-0.1, -0.05) is 49.5 Å². The van der Waals surface area contributed by atoms with E-state index in [1.165, 1.54) is 30.5 Å². The second-order valence-electron chi connectivity index (χ2n) is 10.6. The molecule has 3 aromatic carbocycles. The first-order valence-corrected chi connectivity index (χ1v) is 15.0. The molecule has 0 aromatic heterocycles. The van der Waals surface area contributed by atoms with Gasteiger partial charge in [0.05, 0.1) is 18.3 Å². The van der Waals surface area contributed by atoms with E-state index in [0.29, 0.717) is 18.8 Å². The average molecular weight is 625 g/mol. The average Bonchev–Trinajstić information content (AvgIpc) is 3.05. The number of benzene rings is 3. The van der Waals surface area contributed by atoms with Crippen molar-refractivity contribution in [1.82, 2.24) is 5.32 Å². The smallest absolute Gasteiger partial charge is 0.338 e.